The highest BCUT2D eigenvalue weighted by atomic mass is 19.1. The second kappa shape index (κ2) is 3.22. The summed E-state index contributed by atoms with van der Waals surface area (Å²) < 4.78 is 13.5. The molecular weight excluding hydrogens is 195 g/mol. The van der Waals surface area contributed by atoms with Crippen LogP contribution in [0.25, 0.3) is 0 Å². The maximum atomic E-state index is 13.5. The summed E-state index contributed by atoms with van der Waals surface area (Å²) in [6, 6.07) is 4.44. The highest BCUT2D eigenvalue weighted by molar-refractivity contribution is 5.96. The second-order valence-electron chi connectivity index (χ2n) is 4.22. The molecule has 0 bridgehead atoms. The van der Waals surface area contributed by atoms with Crippen LogP contribution < -0.4 is 11.1 Å². The molecular formula is C11H13FN2O. The maximum Gasteiger partial charge on any atom is 0.254 e. The number of rotatable bonds is 2. The molecule has 0 radical (unpaired) electrons. The molecule has 0 heterocycles. The Bertz CT molecular complexity index is 413. The Morgan fingerprint density at radius 3 is 2.80 bits per heavy atom. The largest absolute Gasteiger partial charge is 0.396 e. The van der Waals surface area contributed by atoms with E-state index in [9.17, 15) is 9.18 Å². The minimum Gasteiger partial charge on any atom is -0.396 e. The fourth-order valence-corrected chi connectivity index (χ4v) is 1.38. The van der Waals surface area contributed by atoms with E-state index in [0.29, 0.717) is 0 Å². The number of amides is 1. The minimum atomic E-state index is -0.640. The molecule has 3 nitrogen and oxygen atoms in total. The number of anilines is 1. The van der Waals surface area contributed by atoms with Crippen LogP contribution >= 0.6 is 0 Å². The SMILES string of the molecule is CC1(NC(=O)c2cccc(N)c2F)CC1. The van der Waals surface area contributed by atoms with Gasteiger partial charge in [-0.3, -0.25) is 4.79 Å². The molecule has 3 N–H and O–H groups in total. The molecule has 0 atom stereocenters. The van der Waals surface area contributed by atoms with Gasteiger partial charge in [0.2, 0.25) is 0 Å². The summed E-state index contributed by atoms with van der Waals surface area (Å²) in [5, 5.41) is 2.78. The first-order valence-electron chi connectivity index (χ1n) is 4.88. The fraction of sp³-hybridized carbons (Fsp3) is 0.364. The standard InChI is InChI=1S/C11H13FN2O/c1-11(5-6-11)14-10(15)7-3-2-4-8(13)9(7)12/h2-4H,5-6,13H2,1H3,(H,14,15). The lowest BCUT2D eigenvalue weighted by molar-refractivity contribution is 0.0931. The number of carbonyl (C=O) groups excluding carboxylic acids is 1. The number of benzene rings is 1. The van der Waals surface area contributed by atoms with Crippen LogP contribution in [0.15, 0.2) is 18.2 Å². The number of hydrogen-bond donors (Lipinski definition) is 2. The third-order valence-corrected chi connectivity index (χ3v) is 2.69. The van der Waals surface area contributed by atoms with Gasteiger partial charge in [-0.1, -0.05) is 6.07 Å². The van der Waals surface area contributed by atoms with E-state index < -0.39 is 5.82 Å². The summed E-state index contributed by atoms with van der Waals surface area (Å²) in [4.78, 5) is 11.7. The van der Waals surface area contributed by atoms with Crippen molar-refractivity contribution in [1.29, 1.82) is 0 Å². The molecule has 1 aromatic carbocycles. The molecule has 1 fully saturated rings. The van der Waals surface area contributed by atoms with Gasteiger partial charge in [-0.15, -0.1) is 0 Å². The van der Waals surface area contributed by atoms with Crippen molar-refractivity contribution in [3.63, 3.8) is 0 Å². The van der Waals surface area contributed by atoms with Crippen LogP contribution in [0.5, 0.6) is 0 Å². The first-order chi connectivity index (χ1) is 7.02. The van der Waals surface area contributed by atoms with Crippen molar-refractivity contribution >= 4 is 11.6 Å². The number of nitrogen functional groups attached to an aromatic ring is 1. The third-order valence-electron chi connectivity index (χ3n) is 2.69. The fourth-order valence-electron chi connectivity index (χ4n) is 1.38. The predicted molar refractivity (Wildman–Crippen MR) is 55.9 cm³/mol. The van der Waals surface area contributed by atoms with E-state index in [2.05, 4.69) is 5.32 Å². The Morgan fingerprint density at radius 2 is 2.20 bits per heavy atom. The smallest absolute Gasteiger partial charge is 0.254 e. The summed E-state index contributed by atoms with van der Waals surface area (Å²) in [5.41, 5.74) is 5.26. The first-order valence-corrected chi connectivity index (χ1v) is 4.88. The first kappa shape index (κ1) is 9.96. The summed E-state index contributed by atoms with van der Waals surface area (Å²) in [5.74, 6) is -1.03. The van der Waals surface area contributed by atoms with Gasteiger partial charge in [0.05, 0.1) is 11.3 Å². The van der Waals surface area contributed by atoms with E-state index in [-0.39, 0.29) is 22.7 Å². The summed E-state index contributed by atoms with van der Waals surface area (Å²) in [6.45, 7) is 1.94. The van der Waals surface area contributed by atoms with Gasteiger partial charge in [-0.05, 0) is 31.9 Å². The van der Waals surface area contributed by atoms with Gasteiger partial charge in [0.15, 0.2) is 5.82 Å². The van der Waals surface area contributed by atoms with E-state index in [1.54, 1.807) is 6.07 Å². The van der Waals surface area contributed by atoms with Crippen LogP contribution in [0.1, 0.15) is 30.1 Å². The lowest BCUT2D eigenvalue weighted by Gasteiger charge is -2.12. The van der Waals surface area contributed by atoms with Crippen molar-refractivity contribution in [3.05, 3.63) is 29.6 Å². The van der Waals surface area contributed by atoms with Gasteiger partial charge in [-0.2, -0.15) is 0 Å². The highest BCUT2D eigenvalue weighted by Crippen LogP contribution is 2.34. The lowest BCUT2D eigenvalue weighted by Crippen LogP contribution is -2.34. The molecule has 1 saturated carbocycles. The molecule has 1 aliphatic rings. The second-order valence-corrected chi connectivity index (χ2v) is 4.22. The Hall–Kier alpha value is -1.58. The molecule has 1 amide bonds. The molecule has 1 aliphatic carbocycles. The minimum absolute atomic E-state index is 0.00333. The van der Waals surface area contributed by atoms with Crippen molar-refractivity contribution in [2.45, 2.75) is 25.3 Å². The maximum absolute atomic E-state index is 13.5. The number of hydrogen-bond acceptors (Lipinski definition) is 2. The Kier molecular flexibility index (Phi) is 2.14. The Labute approximate surface area is 87.5 Å². The van der Waals surface area contributed by atoms with Crippen molar-refractivity contribution < 1.29 is 9.18 Å². The van der Waals surface area contributed by atoms with Gasteiger partial charge in [0.25, 0.3) is 5.91 Å². The van der Waals surface area contributed by atoms with Gasteiger partial charge >= 0.3 is 0 Å². The quantitative estimate of drug-likeness (QED) is 0.727. The summed E-state index contributed by atoms with van der Waals surface area (Å²) in [7, 11) is 0. The number of carbonyl (C=O) groups is 1. The van der Waals surface area contributed by atoms with Crippen LogP contribution in [0.2, 0.25) is 0 Å². The zero-order valence-electron chi connectivity index (χ0n) is 8.51. The highest BCUT2D eigenvalue weighted by Gasteiger charge is 2.39. The summed E-state index contributed by atoms with van der Waals surface area (Å²) >= 11 is 0. The zero-order valence-corrected chi connectivity index (χ0v) is 8.51. The molecule has 15 heavy (non-hydrogen) atoms. The van der Waals surface area contributed by atoms with E-state index >= 15 is 0 Å². The Balaban J connectivity index is 2.21. The van der Waals surface area contributed by atoms with Crippen molar-refractivity contribution in [1.82, 2.24) is 5.32 Å². The molecule has 80 valence electrons. The monoisotopic (exact) mass is 208 g/mol. The summed E-state index contributed by atoms with van der Waals surface area (Å²) in [6.07, 6.45) is 1.89. The lowest BCUT2D eigenvalue weighted by atomic mass is 10.1. The van der Waals surface area contributed by atoms with E-state index in [1.165, 1.54) is 12.1 Å². The zero-order chi connectivity index (χ0) is 11.1. The third kappa shape index (κ3) is 1.93. The van der Waals surface area contributed by atoms with Crippen LogP contribution in [0, 0.1) is 5.82 Å². The average Bonchev–Trinajstić information content (AvgIpc) is 2.88. The van der Waals surface area contributed by atoms with Gasteiger partial charge < -0.3 is 11.1 Å². The molecule has 0 aliphatic heterocycles. The average molecular weight is 208 g/mol. The van der Waals surface area contributed by atoms with Crippen LogP contribution in [-0.2, 0) is 0 Å². The van der Waals surface area contributed by atoms with Gasteiger partial charge in [0, 0.05) is 5.54 Å². The Morgan fingerprint density at radius 1 is 1.53 bits per heavy atom. The molecule has 0 aromatic heterocycles. The van der Waals surface area contributed by atoms with Crippen molar-refractivity contribution in [2.24, 2.45) is 0 Å². The van der Waals surface area contributed by atoms with Crippen molar-refractivity contribution in [2.75, 3.05) is 5.73 Å². The van der Waals surface area contributed by atoms with Gasteiger partial charge in [-0.25, -0.2) is 4.39 Å². The van der Waals surface area contributed by atoms with Crippen molar-refractivity contribution in [3.8, 4) is 0 Å². The molecule has 2 rings (SSSR count). The van der Waals surface area contributed by atoms with Crippen LogP contribution in [0.4, 0.5) is 10.1 Å². The molecule has 4 heteroatoms. The predicted octanol–water partition coefficient (Wildman–Crippen LogP) is 1.69. The van der Waals surface area contributed by atoms with Gasteiger partial charge in [0.1, 0.15) is 0 Å². The normalized spacial score (nSPS) is 17.2. The molecule has 0 unspecified atom stereocenters. The molecule has 0 spiro atoms. The number of halogens is 1. The van der Waals surface area contributed by atoms with E-state index in [1.807, 2.05) is 6.92 Å². The molecule has 1 aromatic rings. The van der Waals surface area contributed by atoms with E-state index in [4.69, 9.17) is 5.73 Å². The van der Waals surface area contributed by atoms with Crippen LogP contribution in [-0.4, -0.2) is 11.4 Å². The van der Waals surface area contributed by atoms with Crippen LogP contribution in [0.3, 0.4) is 0 Å². The molecule has 0 saturated heterocycles. The number of nitrogens with one attached hydrogen (secondary N) is 1. The number of nitrogens with two attached hydrogens (primary N) is 1. The van der Waals surface area contributed by atoms with E-state index in [0.717, 1.165) is 12.8 Å². The topological polar surface area (TPSA) is 55.1 Å².